The molecule has 2 heterocycles. The Kier molecular flexibility index (Phi) is 6.87. The van der Waals surface area contributed by atoms with Gasteiger partial charge < -0.3 is 9.47 Å². The van der Waals surface area contributed by atoms with E-state index in [1.807, 2.05) is 19.9 Å². The van der Waals surface area contributed by atoms with Crippen molar-refractivity contribution in [3.63, 3.8) is 0 Å². The van der Waals surface area contributed by atoms with E-state index in [2.05, 4.69) is 31.0 Å². The van der Waals surface area contributed by atoms with Gasteiger partial charge in [0.25, 0.3) is 11.2 Å². The van der Waals surface area contributed by atoms with Crippen molar-refractivity contribution < 1.29 is 14.4 Å². The molecule has 35 heavy (non-hydrogen) atoms. The first-order valence-corrected chi connectivity index (χ1v) is 11.3. The Bertz CT molecular complexity index is 1500. The molecule has 0 N–H and O–H groups in total. The van der Waals surface area contributed by atoms with E-state index in [1.165, 1.54) is 30.1 Å². The number of hydrogen-bond donors (Lipinski definition) is 0. The first-order chi connectivity index (χ1) is 16.8. The standard InChI is InChI=1S/C24H20BrN5O5/c1-14(2)23-28-19-7-5-16(25)11-18(19)24(31)29(23)27-12-15-4-8-20(21(10-15)34-3)35-22-9-6-17(13-26-22)30(32)33/h4-14H,1-3H3. The molecule has 4 aromatic rings. The lowest BCUT2D eigenvalue weighted by Gasteiger charge is -2.12. The number of halogens is 1. The van der Waals surface area contributed by atoms with Crippen molar-refractivity contribution in [1.82, 2.24) is 14.6 Å². The van der Waals surface area contributed by atoms with Gasteiger partial charge in [-0.25, -0.2) is 9.97 Å². The number of aromatic nitrogens is 3. The molecule has 0 spiro atoms. The minimum absolute atomic E-state index is 0.0348. The molecule has 0 radical (unpaired) electrons. The van der Waals surface area contributed by atoms with E-state index in [0.717, 1.165) is 10.7 Å². The molecule has 0 aliphatic rings. The predicted octanol–water partition coefficient (Wildman–Crippen LogP) is 5.27. The van der Waals surface area contributed by atoms with Crippen molar-refractivity contribution in [1.29, 1.82) is 0 Å². The molecular weight excluding hydrogens is 518 g/mol. The van der Waals surface area contributed by atoms with Gasteiger partial charge in [0, 0.05) is 22.5 Å². The number of ether oxygens (including phenoxy) is 2. The average molecular weight is 538 g/mol. The molecule has 0 aliphatic heterocycles. The molecule has 0 amide bonds. The molecule has 10 nitrogen and oxygen atoms in total. The SMILES string of the molecule is COc1cc(C=Nn2c(C(C)C)nc3ccc(Br)cc3c2=O)ccc1Oc1ccc([N+](=O)[O-])cn1. The largest absolute Gasteiger partial charge is 0.493 e. The zero-order valence-electron chi connectivity index (χ0n) is 19.0. The molecule has 0 unspecified atom stereocenters. The molecule has 0 saturated carbocycles. The molecule has 0 atom stereocenters. The van der Waals surface area contributed by atoms with Crippen molar-refractivity contribution in [3.8, 4) is 17.4 Å². The highest BCUT2D eigenvalue weighted by molar-refractivity contribution is 9.10. The third-order valence-electron chi connectivity index (χ3n) is 5.01. The maximum absolute atomic E-state index is 13.2. The van der Waals surface area contributed by atoms with Gasteiger partial charge in [-0.1, -0.05) is 29.8 Å². The molecule has 0 saturated heterocycles. The van der Waals surface area contributed by atoms with Crippen LogP contribution in [0.25, 0.3) is 10.9 Å². The number of hydrogen-bond acceptors (Lipinski definition) is 8. The van der Waals surface area contributed by atoms with E-state index in [9.17, 15) is 14.9 Å². The third kappa shape index (κ3) is 5.19. The maximum atomic E-state index is 13.2. The number of rotatable bonds is 7. The minimum atomic E-state index is -0.536. The number of methoxy groups -OCH3 is 1. The summed E-state index contributed by atoms with van der Waals surface area (Å²) in [7, 11) is 1.48. The van der Waals surface area contributed by atoms with Crippen LogP contribution in [0.1, 0.15) is 31.2 Å². The number of pyridine rings is 1. The molecule has 0 bridgehead atoms. The van der Waals surface area contributed by atoms with E-state index >= 15 is 0 Å². The van der Waals surface area contributed by atoms with Gasteiger partial charge in [0.15, 0.2) is 11.5 Å². The van der Waals surface area contributed by atoms with Crippen LogP contribution in [0.2, 0.25) is 0 Å². The van der Waals surface area contributed by atoms with Crippen LogP contribution in [0.4, 0.5) is 5.69 Å². The van der Waals surface area contributed by atoms with Crippen LogP contribution in [0, 0.1) is 10.1 Å². The lowest BCUT2D eigenvalue weighted by atomic mass is 10.2. The van der Waals surface area contributed by atoms with Crippen LogP contribution in [0.3, 0.4) is 0 Å². The number of nitro groups is 1. The minimum Gasteiger partial charge on any atom is -0.493 e. The molecule has 2 aromatic heterocycles. The van der Waals surface area contributed by atoms with Gasteiger partial charge in [-0.2, -0.15) is 9.78 Å². The first-order valence-electron chi connectivity index (χ1n) is 10.5. The van der Waals surface area contributed by atoms with Crippen molar-refractivity contribution in [2.75, 3.05) is 7.11 Å². The van der Waals surface area contributed by atoms with Gasteiger partial charge in [0.2, 0.25) is 5.88 Å². The van der Waals surface area contributed by atoms with Crippen LogP contribution in [0.5, 0.6) is 17.4 Å². The fraction of sp³-hybridized carbons (Fsp3) is 0.167. The molecule has 4 rings (SSSR count). The highest BCUT2D eigenvalue weighted by Crippen LogP contribution is 2.31. The number of fused-ring (bicyclic) bond motifs is 1. The zero-order chi connectivity index (χ0) is 25.1. The number of benzene rings is 2. The second-order valence-corrected chi connectivity index (χ2v) is 8.69. The van der Waals surface area contributed by atoms with Crippen molar-refractivity contribution >= 4 is 38.7 Å². The summed E-state index contributed by atoms with van der Waals surface area (Å²) in [6.45, 7) is 3.89. The van der Waals surface area contributed by atoms with E-state index in [-0.39, 0.29) is 23.0 Å². The average Bonchev–Trinajstić information content (AvgIpc) is 2.84. The highest BCUT2D eigenvalue weighted by Gasteiger charge is 2.14. The van der Waals surface area contributed by atoms with Crippen molar-refractivity contribution in [2.24, 2.45) is 5.10 Å². The van der Waals surface area contributed by atoms with Crippen LogP contribution >= 0.6 is 15.9 Å². The van der Waals surface area contributed by atoms with E-state index in [0.29, 0.717) is 33.8 Å². The second-order valence-electron chi connectivity index (χ2n) is 7.77. The smallest absolute Gasteiger partial charge is 0.287 e. The fourth-order valence-corrected chi connectivity index (χ4v) is 3.64. The molecule has 0 fully saturated rings. The Balaban J connectivity index is 1.66. The monoisotopic (exact) mass is 537 g/mol. The molecule has 2 aromatic carbocycles. The molecule has 11 heteroatoms. The molecular formula is C24H20BrN5O5. The van der Waals surface area contributed by atoms with Crippen molar-refractivity contribution in [3.05, 3.63) is 91.1 Å². The van der Waals surface area contributed by atoms with Crippen LogP contribution < -0.4 is 15.0 Å². The van der Waals surface area contributed by atoms with Gasteiger partial charge in [0.05, 0.1) is 29.2 Å². The summed E-state index contributed by atoms with van der Waals surface area (Å²) in [4.78, 5) is 32.0. The summed E-state index contributed by atoms with van der Waals surface area (Å²) in [5.41, 5.74) is 0.855. The Morgan fingerprint density at radius 2 is 1.94 bits per heavy atom. The fourth-order valence-electron chi connectivity index (χ4n) is 3.28. The first kappa shape index (κ1) is 24.0. The van der Waals surface area contributed by atoms with E-state index in [1.54, 1.807) is 30.3 Å². The van der Waals surface area contributed by atoms with E-state index in [4.69, 9.17) is 9.47 Å². The van der Waals surface area contributed by atoms with Crippen molar-refractivity contribution in [2.45, 2.75) is 19.8 Å². The topological polar surface area (TPSA) is 122 Å². The van der Waals surface area contributed by atoms with Gasteiger partial charge in [-0.3, -0.25) is 14.9 Å². The third-order valence-corrected chi connectivity index (χ3v) is 5.50. The summed E-state index contributed by atoms with van der Waals surface area (Å²) in [5.74, 6) is 1.44. The van der Waals surface area contributed by atoms with Gasteiger partial charge >= 0.3 is 0 Å². The highest BCUT2D eigenvalue weighted by atomic mass is 79.9. The summed E-state index contributed by atoms with van der Waals surface area (Å²) < 4.78 is 13.2. The van der Waals surface area contributed by atoms with Crippen LogP contribution in [-0.4, -0.2) is 32.9 Å². The quantitative estimate of drug-likeness (QED) is 0.179. The summed E-state index contributed by atoms with van der Waals surface area (Å²) >= 11 is 3.40. The number of nitrogens with zero attached hydrogens (tertiary/aromatic N) is 5. The Labute approximate surface area is 208 Å². The lowest BCUT2D eigenvalue weighted by molar-refractivity contribution is -0.385. The predicted molar refractivity (Wildman–Crippen MR) is 135 cm³/mol. The zero-order valence-corrected chi connectivity index (χ0v) is 20.6. The van der Waals surface area contributed by atoms with Gasteiger partial charge in [-0.05, 0) is 42.0 Å². The Morgan fingerprint density at radius 3 is 2.60 bits per heavy atom. The van der Waals surface area contributed by atoms with Gasteiger partial charge in [-0.15, -0.1) is 0 Å². The molecule has 178 valence electrons. The summed E-state index contributed by atoms with van der Waals surface area (Å²) in [5, 5.41) is 15.7. The molecule has 0 aliphatic carbocycles. The Morgan fingerprint density at radius 1 is 1.14 bits per heavy atom. The summed E-state index contributed by atoms with van der Waals surface area (Å²) in [6.07, 6.45) is 2.65. The summed E-state index contributed by atoms with van der Waals surface area (Å²) in [6, 6.07) is 13.1. The van der Waals surface area contributed by atoms with E-state index < -0.39 is 4.92 Å². The normalized spacial score (nSPS) is 11.3. The Hall–Kier alpha value is -4.12. The van der Waals surface area contributed by atoms with Gasteiger partial charge in [0.1, 0.15) is 12.0 Å². The van der Waals surface area contributed by atoms with Crippen LogP contribution in [0.15, 0.2) is 69.1 Å². The lowest BCUT2D eigenvalue weighted by Crippen LogP contribution is -2.23. The second kappa shape index (κ2) is 10.0. The van der Waals surface area contributed by atoms with Crippen LogP contribution in [-0.2, 0) is 0 Å². The maximum Gasteiger partial charge on any atom is 0.287 e.